The third kappa shape index (κ3) is 3.67. The van der Waals surface area contributed by atoms with Crippen LogP contribution in [0.25, 0.3) is 0 Å². The van der Waals surface area contributed by atoms with Crippen molar-refractivity contribution in [2.75, 3.05) is 6.61 Å². The van der Waals surface area contributed by atoms with E-state index in [1.165, 1.54) is 19.3 Å². The molecule has 0 amide bonds. The minimum atomic E-state index is 0.122. The predicted molar refractivity (Wildman–Crippen MR) is 95.5 cm³/mol. The normalized spacial score (nSPS) is 15.9. The van der Waals surface area contributed by atoms with E-state index in [0.29, 0.717) is 23.0 Å². The number of rotatable bonds is 5. The van der Waals surface area contributed by atoms with Gasteiger partial charge in [0, 0.05) is 5.92 Å². The first-order chi connectivity index (χ1) is 11.7. The van der Waals surface area contributed by atoms with Gasteiger partial charge in [-0.1, -0.05) is 19.3 Å². The van der Waals surface area contributed by atoms with Crippen molar-refractivity contribution in [1.29, 1.82) is 0 Å². The lowest BCUT2D eigenvalue weighted by atomic mass is 9.89. The Labute approximate surface area is 146 Å². The van der Waals surface area contributed by atoms with Gasteiger partial charge in [0.05, 0.1) is 12.8 Å². The van der Waals surface area contributed by atoms with Crippen LogP contribution in [0.1, 0.15) is 56.3 Å². The molecule has 0 spiro atoms. The van der Waals surface area contributed by atoms with Gasteiger partial charge in [0.2, 0.25) is 4.77 Å². The topological polar surface area (TPSA) is 75.4 Å². The zero-order chi connectivity index (χ0) is 16.9. The van der Waals surface area contributed by atoms with E-state index in [0.717, 1.165) is 24.2 Å². The van der Waals surface area contributed by atoms with Gasteiger partial charge >= 0.3 is 0 Å². The molecule has 0 atom stereocenters. The van der Waals surface area contributed by atoms with E-state index in [4.69, 9.17) is 17.0 Å². The number of H-pyrrole nitrogens is 1. The maximum absolute atomic E-state index is 9.77. The molecule has 1 aliphatic carbocycles. The minimum absolute atomic E-state index is 0.122. The molecular weight excluding hydrogens is 324 g/mol. The Kier molecular flexibility index (Phi) is 5.30. The maximum atomic E-state index is 9.77. The Bertz CT molecular complexity index is 775. The summed E-state index contributed by atoms with van der Waals surface area (Å²) < 4.78 is 7.60. The standard InChI is InChI=1S/C17H22N4O2S/c1-2-23-15-10-12(8-9-14(15)22)11-18-21-16(19-20-17(21)24)13-6-4-3-5-7-13/h8-11,13,22H,2-7H2,1H3,(H,20,24)/b18-11+. The zero-order valence-electron chi connectivity index (χ0n) is 13.7. The summed E-state index contributed by atoms with van der Waals surface area (Å²) in [6, 6.07) is 5.14. The first kappa shape index (κ1) is 16.7. The summed E-state index contributed by atoms with van der Waals surface area (Å²) in [7, 11) is 0. The Morgan fingerprint density at radius 2 is 2.21 bits per heavy atom. The highest BCUT2D eigenvalue weighted by Gasteiger charge is 2.21. The first-order valence-electron chi connectivity index (χ1n) is 8.36. The zero-order valence-corrected chi connectivity index (χ0v) is 14.6. The smallest absolute Gasteiger partial charge is 0.216 e. The number of benzene rings is 1. The van der Waals surface area contributed by atoms with E-state index in [2.05, 4.69) is 15.3 Å². The molecule has 24 heavy (non-hydrogen) atoms. The highest BCUT2D eigenvalue weighted by molar-refractivity contribution is 7.71. The number of hydrogen-bond acceptors (Lipinski definition) is 5. The van der Waals surface area contributed by atoms with Crippen LogP contribution in [-0.4, -0.2) is 32.8 Å². The number of nitrogens with one attached hydrogen (secondary N) is 1. The largest absolute Gasteiger partial charge is 0.504 e. The van der Waals surface area contributed by atoms with Crippen molar-refractivity contribution in [1.82, 2.24) is 14.9 Å². The number of nitrogens with zero attached hydrogens (tertiary/aromatic N) is 3. The summed E-state index contributed by atoms with van der Waals surface area (Å²) in [4.78, 5) is 0. The Balaban J connectivity index is 1.85. The van der Waals surface area contributed by atoms with E-state index in [-0.39, 0.29) is 5.75 Å². The average molecular weight is 346 g/mol. The van der Waals surface area contributed by atoms with Crippen molar-refractivity contribution >= 4 is 18.4 Å². The van der Waals surface area contributed by atoms with Crippen LogP contribution in [0.5, 0.6) is 11.5 Å². The van der Waals surface area contributed by atoms with Gasteiger partial charge in [-0.05, 0) is 55.7 Å². The highest BCUT2D eigenvalue weighted by Crippen LogP contribution is 2.31. The number of phenolic OH excluding ortho intramolecular Hbond substituents is 1. The molecule has 1 aliphatic rings. The van der Waals surface area contributed by atoms with Crippen molar-refractivity contribution in [3.8, 4) is 11.5 Å². The molecule has 128 valence electrons. The van der Waals surface area contributed by atoms with Gasteiger partial charge in [-0.15, -0.1) is 0 Å². The SMILES string of the molecule is CCOc1cc(/C=N/n2c(C3CCCCC3)n[nH]c2=S)ccc1O. The van der Waals surface area contributed by atoms with Crippen LogP contribution in [0.2, 0.25) is 0 Å². The summed E-state index contributed by atoms with van der Waals surface area (Å²) in [5.41, 5.74) is 0.828. The fourth-order valence-corrected chi connectivity index (χ4v) is 3.23. The molecule has 6 nitrogen and oxygen atoms in total. The molecule has 1 saturated carbocycles. The van der Waals surface area contributed by atoms with Crippen molar-refractivity contribution < 1.29 is 9.84 Å². The third-order valence-corrected chi connectivity index (χ3v) is 4.52. The lowest BCUT2D eigenvalue weighted by Gasteiger charge is -2.19. The van der Waals surface area contributed by atoms with Crippen LogP contribution in [-0.2, 0) is 0 Å². The van der Waals surface area contributed by atoms with Crippen molar-refractivity contribution in [2.45, 2.75) is 44.9 Å². The molecule has 0 radical (unpaired) electrons. The van der Waals surface area contributed by atoms with Crippen LogP contribution >= 0.6 is 12.2 Å². The molecule has 0 unspecified atom stereocenters. The lowest BCUT2D eigenvalue weighted by Crippen LogP contribution is -2.10. The van der Waals surface area contributed by atoms with Crippen LogP contribution < -0.4 is 4.74 Å². The van der Waals surface area contributed by atoms with Crippen molar-refractivity contribution in [3.05, 3.63) is 34.4 Å². The van der Waals surface area contributed by atoms with Gasteiger partial charge in [-0.25, -0.2) is 0 Å². The molecule has 1 aromatic heterocycles. The second-order valence-electron chi connectivity index (χ2n) is 5.94. The molecule has 7 heteroatoms. The summed E-state index contributed by atoms with van der Waals surface area (Å²) in [6.07, 6.45) is 7.71. The van der Waals surface area contributed by atoms with E-state index < -0.39 is 0 Å². The average Bonchev–Trinajstić information content (AvgIpc) is 2.97. The van der Waals surface area contributed by atoms with Crippen molar-refractivity contribution in [3.63, 3.8) is 0 Å². The molecule has 1 heterocycles. The van der Waals surface area contributed by atoms with Crippen LogP contribution in [0.15, 0.2) is 23.3 Å². The molecule has 0 bridgehead atoms. The Morgan fingerprint density at radius 1 is 1.42 bits per heavy atom. The Morgan fingerprint density at radius 3 is 2.96 bits per heavy atom. The van der Waals surface area contributed by atoms with Crippen LogP contribution in [0.3, 0.4) is 0 Å². The summed E-state index contributed by atoms with van der Waals surface area (Å²) in [5, 5.41) is 21.5. The van der Waals surface area contributed by atoms with Crippen LogP contribution in [0, 0.1) is 4.77 Å². The fourth-order valence-electron chi connectivity index (χ4n) is 3.05. The van der Waals surface area contributed by atoms with Gasteiger partial charge in [-0.2, -0.15) is 14.9 Å². The fraction of sp³-hybridized carbons (Fsp3) is 0.471. The molecule has 3 rings (SSSR count). The van der Waals surface area contributed by atoms with Gasteiger partial charge in [0.15, 0.2) is 17.3 Å². The van der Waals surface area contributed by atoms with Gasteiger partial charge in [0.1, 0.15) is 0 Å². The minimum Gasteiger partial charge on any atom is -0.504 e. The van der Waals surface area contributed by atoms with E-state index >= 15 is 0 Å². The number of phenols is 1. The van der Waals surface area contributed by atoms with Gasteiger partial charge < -0.3 is 9.84 Å². The van der Waals surface area contributed by atoms with Gasteiger partial charge in [-0.3, -0.25) is 5.10 Å². The number of ether oxygens (including phenoxy) is 1. The second kappa shape index (κ2) is 7.61. The lowest BCUT2D eigenvalue weighted by molar-refractivity contribution is 0.318. The second-order valence-corrected chi connectivity index (χ2v) is 6.33. The molecule has 1 aromatic carbocycles. The first-order valence-corrected chi connectivity index (χ1v) is 8.77. The number of aromatic hydroxyl groups is 1. The number of hydrogen-bond donors (Lipinski definition) is 2. The van der Waals surface area contributed by atoms with E-state index in [1.54, 1.807) is 29.1 Å². The molecule has 2 aromatic rings. The molecule has 0 saturated heterocycles. The number of aromatic amines is 1. The molecule has 2 N–H and O–H groups in total. The Hall–Kier alpha value is -2.15. The molecule has 0 aliphatic heterocycles. The van der Waals surface area contributed by atoms with E-state index in [1.807, 2.05) is 6.92 Å². The molecular formula is C17H22N4O2S. The third-order valence-electron chi connectivity index (χ3n) is 4.25. The summed E-state index contributed by atoms with van der Waals surface area (Å²) in [6.45, 7) is 2.37. The summed E-state index contributed by atoms with van der Waals surface area (Å²) >= 11 is 5.31. The number of aromatic nitrogens is 3. The molecule has 1 fully saturated rings. The van der Waals surface area contributed by atoms with E-state index in [9.17, 15) is 5.11 Å². The highest BCUT2D eigenvalue weighted by atomic mass is 32.1. The van der Waals surface area contributed by atoms with Crippen LogP contribution in [0.4, 0.5) is 0 Å². The van der Waals surface area contributed by atoms with Crippen molar-refractivity contribution in [2.24, 2.45) is 5.10 Å². The van der Waals surface area contributed by atoms with Gasteiger partial charge in [0.25, 0.3) is 0 Å². The predicted octanol–water partition coefficient (Wildman–Crippen LogP) is 3.97. The quantitative estimate of drug-likeness (QED) is 0.634. The monoisotopic (exact) mass is 346 g/mol. The summed E-state index contributed by atoms with van der Waals surface area (Å²) in [5.74, 6) is 1.88. The maximum Gasteiger partial charge on any atom is 0.216 e.